The van der Waals surface area contributed by atoms with Gasteiger partial charge in [-0.3, -0.25) is 5.10 Å². The zero-order valence-electron chi connectivity index (χ0n) is 6.48. The Kier molecular flexibility index (Phi) is 2.23. The Morgan fingerprint density at radius 2 is 2.36 bits per heavy atom. The van der Waals surface area contributed by atoms with E-state index in [1.54, 1.807) is 0 Å². The number of H-pyrrole nitrogens is 1. The zero-order valence-corrected chi connectivity index (χ0v) is 8.64. The molecule has 0 aromatic carbocycles. The Labute approximate surface area is 79.9 Å². The third-order valence-electron chi connectivity index (χ3n) is 1.34. The van der Waals surface area contributed by atoms with Gasteiger partial charge in [0, 0.05) is 0 Å². The molecule has 0 atom stereocenters. The predicted octanol–water partition coefficient (Wildman–Crippen LogP) is 2.06. The summed E-state index contributed by atoms with van der Waals surface area (Å²) in [6, 6.07) is 1.90. The van der Waals surface area contributed by atoms with Crippen molar-refractivity contribution in [3.63, 3.8) is 0 Å². The van der Waals surface area contributed by atoms with E-state index in [2.05, 4.69) is 52.6 Å². The van der Waals surface area contributed by atoms with Crippen LogP contribution >= 0.6 is 22.6 Å². The molecule has 0 amide bonds. The fourth-order valence-electron chi connectivity index (χ4n) is 0.700. The van der Waals surface area contributed by atoms with Gasteiger partial charge in [-0.2, -0.15) is 5.10 Å². The predicted molar refractivity (Wildman–Crippen MR) is 53.6 cm³/mol. The van der Waals surface area contributed by atoms with Crippen LogP contribution in [0.5, 0.6) is 0 Å². The molecule has 0 fully saturated rings. The Hall–Kier alpha value is -0.500. The Morgan fingerprint density at radius 3 is 2.64 bits per heavy atom. The lowest BCUT2D eigenvalue weighted by molar-refractivity contribution is 0.777. The van der Waals surface area contributed by atoms with Crippen molar-refractivity contribution in [2.45, 2.75) is 17.3 Å². The highest BCUT2D eigenvalue weighted by atomic mass is 127. The first-order valence-corrected chi connectivity index (χ1v) is 4.33. The molecule has 1 N–H and O–H groups in total. The molecule has 1 aromatic rings. The van der Waals surface area contributed by atoms with E-state index in [0.29, 0.717) is 0 Å². The molecule has 0 saturated carbocycles. The van der Waals surface area contributed by atoms with E-state index in [1.807, 2.05) is 6.07 Å². The van der Waals surface area contributed by atoms with E-state index in [4.69, 9.17) is 6.42 Å². The number of hydrogen-bond donors (Lipinski definition) is 1. The fourth-order valence-corrected chi connectivity index (χ4v) is 0.977. The average Bonchev–Trinajstić information content (AvgIpc) is 2.32. The maximum atomic E-state index is 5.18. The first-order chi connectivity index (χ1) is 5.04. The van der Waals surface area contributed by atoms with Crippen molar-refractivity contribution in [3.8, 4) is 12.3 Å². The molecule has 1 rings (SSSR count). The normalized spacial score (nSPS) is 11.1. The van der Waals surface area contributed by atoms with Crippen LogP contribution in [0.4, 0.5) is 0 Å². The number of rotatable bonds is 1. The summed E-state index contributed by atoms with van der Waals surface area (Å²) in [4.78, 5) is 0. The zero-order chi connectivity index (χ0) is 8.48. The van der Waals surface area contributed by atoms with Crippen molar-refractivity contribution in [2.75, 3.05) is 0 Å². The summed E-state index contributed by atoms with van der Waals surface area (Å²) in [5.74, 6) is 2.50. The molecule has 3 heteroatoms. The van der Waals surface area contributed by atoms with E-state index in [0.717, 1.165) is 11.4 Å². The van der Waals surface area contributed by atoms with Crippen LogP contribution in [0, 0.1) is 12.3 Å². The fraction of sp³-hybridized carbons (Fsp3) is 0.375. The maximum Gasteiger partial charge on any atom is 0.108 e. The number of aromatic amines is 1. The van der Waals surface area contributed by atoms with Gasteiger partial charge in [0.05, 0.1) is 9.12 Å². The highest BCUT2D eigenvalue weighted by Gasteiger charge is 2.18. The summed E-state index contributed by atoms with van der Waals surface area (Å²) < 4.78 is 0.0450. The van der Waals surface area contributed by atoms with Crippen molar-refractivity contribution >= 4 is 22.6 Å². The third kappa shape index (κ3) is 1.96. The van der Waals surface area contributed by atoms with Gasteiger partial charge in [0.15, 0.2) is 0 Å². The van der Waals surface area contributed by atoms with Crippen molar-refractivity contribution in [3.05, 3.63) is 17.5 Å². The van der Waals surface area contributed by atoms with Gasteiger partial charge >= 0.3 is 0 Å². The standard InChI is InChI=1S/C8H9IN2/c1-4-6-5-7(11-10-6)8(2,3)9/h1,5H,2-3H3,(H,10,11). The highest BCUT2D eigenvalue weighted by Crippen LogP contribution is 2.28. The third-order valence-corrected chi connectivity index (χ3v) is 1.90. The minimum atomic E-state index is 0.0450. The maximum absolute atomic E-state index is 5.18. The molecule has 0 saturated heterocycles. The number of aromatic nitrogens is 2. The second-order valence-corrected chi connectivity index (χ2v) is 5.48. The van der Waals surface area contributed by atoms with Crippen LogP contribution in [0.2, 0.25) is 0 Å². The van der Waals surface area contributed by atoms with Gasteiger partial charge in [-0.25, -0.2) is 0 Å². The molecule has 1 aromatic heterocycles. The molecule has 0 bridgehead atoms. The van der Waals surface area contributed by atoms with Crippen LogP contribution in [0.1, 0.15) is 25.2 Å². The molecule has 2 nitrogen and oxygen atoms in total. The lowest BCUT2D eigenvalue weighted by Crippen LogP contribution is -2.06. The molecule has 1 heterocycles. The quantitative estimate of drug-likeness (QED) is 0.467. The van der Waals surface area contributed by atoms with Crippen LogP contribution in [0.15, 0.2) is 6.07 Å². The minimum absolute atomic E-state index is 0.0450. The monoisotopic (exact) mass is 260 g/mol. The molecule has 11 heavy (non-hydrogen) atoms. The van der Waals surface area contributed by atoms with Gasteiger partial charge < -0.3 is 0 Å². The Balaban J connectivity index is 3.01. The summed E-state index contributed by atoms with van der Waals surface area (Å²) in [5, 5.41) is 6.85. The molecule has 0 aliphatic rings. The summed E-state index contributed by atoms with van der Waals surface area (Å²) in [7, 11) is 0. The van der Waals surface area contributed by atoms with Crippen molar-refractivity contribution < 1.29 is 0 Å². The Morgan fingerprint density at radius 1 is 1.73 bits per heavy atom. The van der Waals surface area contributed by atoms with Gasteiger partial charge in [0.1, 0.15) is 5.69 Å². The Bertz CT molecular complexity index is 288. The molecule has 0 spiro atoms. The van der Waals surface area contributed by atoms with Gasteiger partial charge in [-0.15, -0.1) is 6.42 Å². The van der Waals surface area contributed by atoms with Crippen LogP contribution < -0.4 is 0 Å². The van der Waals surface area contributed by atoms with E-state index in [-0.39, 0.29) is 3.42 Å². The highest BCUT2D eigenvalue weighted by molar-refractivity contribution is 14.1. The molecular formula is C8H9IN2. The van der Waals surface area contributed by atoms with Crippen LogP contribution in [0.3, 0.4) is 0 Å². The van der Waals surface area contributed by atoms with Gasteiger partial charge in [0.25, 0.3) is 0 Å². The first-order valence-electron chi connectivity index (χ1n) is 3.25. The van der Waals surface area contributed by atoms with Crippen LogP contribution in [-0.4, -0.2) is 10.2 Å². The number of nitrogens with one attached hydrogen (secondary N) is 1. The van der Waals surface area contributed by atoms with E-state index < -0.39 is 0 Å². The topological polar surface area (TPSA) is 28.7 Å². The lowest BCUT2D eigenvalue weighted by Gasteiger charge is -2.10. The number of terminal acetylenes is 1. The first kappa shape index (κ1) is 8.60. The number of alkyl halides is 1. The van der Waals surface area contributed by atoms with Gasteiger partial charge in [-0.05, 0) is 19.9 Å². The molecule has 0 radical (unpaired) electrons. The number of nitrogens with zero attached hydrogens (tertiary/aromatic N) is 1. The van der Waals surface area contributed by atoms with E-state index in [9.17, 15) is 0 Å². The molecule has 58 valence electrons. The molecular weight excluding hydrogens is 251 g/mol. The van der Waals surface area contributed by atoms with E-state index >= 15 is 0 Å². The van der Waals surface area contributed by atoms with Crippen molar-refractivity contribution in [1.29, 1.82) is 0 Å². The molecule has 0 aliphatic heterocycles. The van der Waals surface area contributed by atoms with E-state index in [1.165, 1.54) is 0 Å². The second kappa shape index (κ2) is 2.86. The summed E-state index contributed by atoms with van der Waals surface area (Å²) in [6.45, 7) is 4.17. The summed E-state index contributed by atoms with van der Waals surface area (Å²) in [6.07, 6.45) is 5.18. The number of hydrogen-bond acceptors (Lipinski definition) is 1. The van der Waals surface area contributed by atoms with Crippen LogP contribution in [-0.2, 0) is 3.42 Å². The number of halogens is 1. The molecule has 0 aliphatic carbocycles. The van der Waals surface area contributed by atoms with Crippen molar-refractivity contribution in [2.24, 2.45) is 0 Å². The summed E-state index contributed by atoms with van der Waals surface area (Å²) in [5.41, 5.74) is 1.73. The smallest absolute Gasteiger partial charge is 0.108 e. The molecule has 0 unspecified atom stereocenters. The average molecular weight is 260 g/mol. The van der Waals surface area contributed by atoms with Crippen LogP contribution in [0.25, 0.3) is 0 Å². The van der Waals surface area contributed by atoms with Gasteiger partial charge in [0.2, 0.25) is 0 Å². The lowest BCUT2D eigenvalue weighted by atomic mass is 10.1. The SMILES string of the molecule is C#Cc1cc(C(C)(C)I)n[nH]1. The largest absolute Gasteiger partial charge is 0.270 e. The summed E-state index contributed by atoms with van der Waals surface area (Å²) >= 11 is 2.32. The van der Waals surface area contributed by atoms with Gasteiger partial charge in [-0.1, -0.05) is 28.5 Å². The van der Waals surface area contributed by atoms with Crippen molar-refractivity contribution in [1.82, 2.24) is 10.2 Å². The second-order valence-electron chi connectivity index (χ2n) is 2.78. The minimum Gasteiger partial charge on any atom is -0.270 e.